The Morgan fingerprint density at radius 1 is 1.27 bits per heavy atom. The van der Waals surface area contributed by atoms with Crippen molar-refractivity contribution in [2.75, 3.05) is 24.6 Å². The van der Waals surface area contributed by atoms with Crippen molar-refractivity contribution >= 4 is 17.7 Å². The predicted octanol–water partition coefficient (Wildman–Crippen LogP) is 5.51. The number of aromatic nitrogens is 1. The first kappa shape index (κ1) is 31.6. The maximum Gasteiger partial charge on any atom is 0.152 e. The lowest BCUT2D eigenvalue weighted by Crippen LogP contribution is -2.43. The van der Waals surface area contributed by atoms with Gasteiger partial charge in [-0.3, -0.25) is 4.79 Å². The van der Waals surface area contributed by atoms with Gasteiger partial charge in [0, 0.05) is 38.1 Å². The zero-order valence-electron chi connectivity index (χ0n) is 25.8. The number of aldehydes is 1. The number of aryl methyl sites for hydroxylation is 1. The number of ether oxygens (including phenoxy) is 1. The Bertz CT molecular complexity index is 1360. The number of rotatable bonds is 13. The summed E-state index contributed by atoms with van der Waals surface area (Å²) in [5.41, 5.74) is 5.70. The zero-order valence-corrected chi connectivity index (χ0v) is 25.8. The molecule has 41 heavy (non-hydrogen) atoms. The Kier molecular flexibility index (Phi) is 10.2. The lowest BCUT2D eigenvalue weighted by Gasteiger charge is -2.31. The molecule has 0 saturated heterocycles. The van der Waals surface area contributed by atoms with Crippen molar-refractivity contribution in [1.29, 1.82) is 0 Å². The first-order valence-corrected chi connectivity index (χ1v) is 14.0. The minimum atomic E-state index is -0.206. The highest BCUT2D eigenvalue weighted by Crippen LogP contribution is 2.37. The molecular formula is C33H46N6O2. The first-order valence-electron chi connectivity index (χ1n) is 14.0. The molecule has 1 saturated carbocycles. The number of hydrogen-bond acceptors (Lipinski definition) is 7. The molecule has 1 fully saturated rings. The lowest BCUT2D eigenvalue weighted by molar-refractivity contribution is -0.104. The third kappa shape index (κ3) is 8.54. The molecule has 8 nitrogen and oxygen atoms in total. The van der Waals surface area contributed by atoms with Crippen LogP contribution >= 0.6 is 0 Å². The molecule has 2 heterocycles. The molecule has 0 bridgehead atoms. The standard InChI is InChI=1S/C33H46N6O2/c1-11-27(22-40)31(29-19-25(5)26(6)39(36-29)20-24(3)4)35-30-14-13-28(21-37(30)10)38(17-18-41-32(7,8)9)23-33(15-16-33)34-12-2/h11-14,19-22,34H,1-2,6,15-18,23H2,3-5,7-10H3/b31-27+,35-30?. The molecule has 0 atom stereocenters. The Morgan fingerprint density at radius 2 is 1.98 bits per heavy atom. The summed E-state index contributed by atoms with van der Waals surface area (Å²) < 4.78 is 8.02. The van der Waals surface area contributed by atoms with Crippen LogP contribution in [0.4, 0.5) is 5.69 Å². The topological polar surface area (TPSA) is 74.5 Å². The fourth-order valence-electron chi connectivity index (χ4n) is 4.46. The molecule has 2 aliphatic rings. The van der Waals surface area contributed by atoms with Gasteiger partial charge < -0.3 is 19.5 Å². The van der Waals surface area contributed by atoms with Gasteiger partial charge in [-0.1, -0.05) is 31.4 Å². The number of pyridine rings is 1. The van der Waals surface area contributed by atoms with Crippen molar-refractivity contribution in [3.8, 4) is 0 Å². The molecule has 1 aromatic rings. The van der Waals surface area contributed by atoms with E-state index >= 15 is 0 Å². The van der Waals surface area contributed by atoms with Crippen LogP contribution in [0.25, 0.3) is 0 Å². The second-order valence-electron chi connectivity index (χ2n) is 11.9. The van der Waals surface area contributed by atoms with E-state index in [1.54, 1.807) is 11.2 Å². The fourth-order valence-corrected chi connectivity index (χ4v) is 4.46. The van der Waals surface area contributed by atoms with Gasteiger partial charge in [-0.25, -0.2) is 10.0 Å². The van der Waals surface area contributed by atoms with E-state index in [4.69, 9.17) is 14.8 Å². The van der Waals surface area contributed by atoms with Gasteiger partial charge in [0.25, 0.3) is 0 Å². The summed E-state index contributed by atoms with van der Waals surface area (Å²) >= 11 is 0. The van der Waals surface area contributed by atoms with Crippen molar-refractivity contribution in [3.63, 3.8) is 0 Å². The molecule has 220 valence electrons. The summed E-state index contributed by atoms with van der Waals surface area (Å²) in [6, 6.07) is 4.03. The van der Waals surface area contributed by atoms with Crippen molar-refractivity contribution in [3.05, 3.63) is 96.2 Å². The molecule has 0 radical (unpaired) electrons. The van der Waals surface area contributed by atoms with Crippen LogP contribution in [0.1, 0.15) is 54.4 Å². The van der Waals surface area contributed by atoms with Crippen molar-refractivity contribution < 1.29 is 9.53 Å². The number of nitrogens with one attached hydrogen (secondary N) is 1. The van der Waals surface area contributed by atoms with Gasteiger partial charge in [-0.05, 0) is 84.4 Å². The van der Waals surface area contributed by atoms with Gasteiger partial charge in [-0.15, -0.1) is 0 Å². The second kappa shape index (κ2) is 13.2. The van der Waals surface area contributed by atoms with Crippen molar-refractivity contribution in [2.45, 2.75) is 65.5 Å². The fraction of sp³-hybridized carbons (Fsp3) is 0.424. The summed E-state index contributed by atoms with van der Waals surface area (Å²) in [6.45, 7) is 26.2. The number of carbonyl (C=O) groups is 1. The van der Waals surface area contributed by atoms with E-state index in [0.29, 0.717) is 29.1 Å². The average Bonchev–Trinajstić information content (AvgIpc) is 3.65. The third-order valence-corrected chi connectivity index (χ3v) is 6.88. The van der Waals surface area contributed by atoms with Crippen LogP contribution in [0.2, 0.25) is 0 Å². The number of hydrazone groups is 1. The molecule has 1 aromatic heterocycles. The molecular weight excluding hydrogens is 512 g/mol. The number of carbonyl (C=O) groups excluding carboxylic acids is 1. The number of allylic oxidation sites excluding steroid dienone is 5. The number of anilines is 1. The molecule has 0 amide bonds. The van der Waals surface area contributed by atoms with Gasteiger partial charge in [0.15, 0.2) is 6.29 Å². The predicted molar refractivity (Wildman–Crippen MR) is 169 cm³/mol. The molecule has 0 unspecified atom stereocenters. The largest absolute Gasteiger partial charge is 0.384 e. The smallest absolute Gasteiger partial charge is 0.152 e. The first-order chi connectivity index (χ1) is 19.3. The van der Waals surface area contributed by atoms with Gasteiger partial charge in [-0.2, -0.15) is 5.10 Å². The molecule has 1 aliphatic heterocycles. The van der Waals surface area contributed by atoms with Crippen LogP contribution in [0, 0.1) is 0 Å². The summed E-state index contributed by atoms with van der Waals surface area (Å²) in [6.07, 6.45) is 12.1. The summed E-state index contributed by atoms with van der Waals surface area (Å²) in [5, 5.41) is 9.93. The molecule has 0 spiro atoms. The maximum atomic E-state index is 12.1. The third-order valence-electron chi connectivity index (χ3n) is 6.88. The van der Waals surface area contributed by atoms with Crippen LogP contribution in [0.15, 0.2) is 101 Å². The SMILES string of the molecule is C=CNC1(CN(CCOC(C)(C)C)c2ccc(=N/C(C3=NN(C=C(C)C)C(=C)C(C)=C3)=C(\C=C)C=O)n(C)c2)CC1. The van der Waals surface area contributed by atoms with Crippen LogP contribution in [-0.4, -0.2) is 52.4 Å². The molecule has 0 aromatic carbocycles. The zero-order chi connectivity index (χ0) is 30.4. The van der Waals surface area contributed by atoms with Crippen LogP contribution in [-0.2, 0) is 16.6 Å². The highest BCUT2D eigenvalue weighted by molar-refractivity contribution is 6.12. The number of nitrogens with zero attached hydrogens (tertiary/aromatic N) is 5. The van der Waals surface area contributed by atoms with E-state index in [9.17, 15) is 4.79 Å². The highest BCUT2D eigenvalue weighted by Gasteiger charge is 2.43. The molecule has 3 rings (SSSR count). The maximum absolute atomic E-state index is 12.1. The van der Waals surface area contributed by atoms with Crippen molar-refractivity contribution in [1.82, 2.24) is 14.9 Å². The normalized spacial score (nSPS) is 17.2. The van der Waals surface area contributed by atoms with E-state index in [1.165, 1.54) is 6.08 Å². The summed E-state index contributed by atoms with van der Waals surface area (Å²) in [7, 11) is 1.95. The lowest BCUT2D eigenvalue weighted by atomic mass is 10.1. The Balaban J connectivity index is 2.04. The quantitative estimate of drug-likeness (QED) is 0.196. The van der Waals surface area contributed by atoms with E-state index < -0.39 is 0 Å². The van der Waals surface area contributed by atoms with E-state index in [2.05, 4.69) is 63.0 Å². The minimum Gasteiger partial charge on any atom is -0.384 e. The van der Waals surface area contributed by atoms with E-state index in [-0.39, 0.29) is 11.1 Å². The van der Waals surface area contributed by atoms with Crippen LogP contribution in [0.3, 0.4) is 0 Å². The van der Waals surface area contributed by atoms with Gasteiger partial charge in [0.05, 0.1) is 29.1 Å². The molecule has 1 aliphatic carbocycles. The summed E-state index contributed by atoms with van der Waals surface area (Å²) in [4.78, 5) is 19.3. The van der Waals surface area contributed by atoms with E-state index in [1.807, 2.05) is 50.7 Å². The second-order valence-corrected chi connectivity index (χ2v) is 11.9. The molecule has 1 N–H and O–H groups in total. The number of hydrogen-bond donors (Lipinski definition) is 1. The Morgan fingerprint density at radius 3 is 2.51 bits per heavy atom. The van der Waals surface area contributed by atoms with Gasteiger partial charge >= 0.3 is 0 Å². The van der Waals surface area contributed by atoms with Gasteiger partial charge in [0.1, 0.15) is 16.9 Å². The van der Waals surface area contributed by atoms with Crippen LogP contribution < -0.4 is 15.7 Å². The van der Waals surface area contributed by atoms with Crippen molar-refractivity contribution in [2.24, 2.45) is 17.1 Å². The monoisotopic (exact) mass is 558 g/mol. The minimum absolute atomic E-state index is 0.0360. The Hall–Kier alpha value is -3.91. The highest BCUT2D eigenvalue weighted by atomic mass is 16.5. The Labute approximate surface area is 245 Å². The van der Waals surface area contributed by atoms with Crippen LogP contribution in [0.5, 0.6) is 0 Å². The molecule has 8 heteroatoms. The van der Waals surface area contributed by atoms with E-state index in [0.717, 1.165) is 54.7 Å². The average molecular weight is 559 g/mol. The van der Waals surface area contributed by atoms with Gasteiger partial charge in [0.2, 0.25) is 0 Å². The summed E-state index contributed by atoms with van der Waals surface area (Å²) in [5.74, 6) is 0.